The van der Waals surface area contributed by atoms with Gasteiger partial charge in [0.15, 0.2) is 0 Å². The molecule has 2 rings (SSSR count). The molecule has 0 aromatic carbocycles. The second kappa shape index (κ2) is 2.17. The van der Waals surface area contributed by atoms with Gasteiger partial charge in [-0.25, -0.2) is 9.78 Å². The van der Waals surface area contributed by atoms with Gasteiger partial charge in [-0.15, -0.1) is 0 Å². The summed E-state index contributed by atoms with van der Waals surface area (Å²) in [4.78, 5) is 21.2. The molecular weight excluding hydrogens is 156 g/mol. The van der Waals surface area contributed by atoms with Crippen LogP contribution in [0.1, 0.15) is 5.82 Å². The minimum absolute atomic E-state index is 0.342. The molecule has 0 unspecified atom stereocenters. The van der Waals surface area contributed by atoms with Gasteiger partial charge >= 0.3 is 5.69 Å². The van der Waals surface area contributed by atoms with Gasteiger partial charge in [-0.2, -0.15) is 4.98 Å². The van der Waals surface area contributed by atoms with Crippen LogP contribution in [0.3, 0.4) is 0 Å². The number of aryl methyl sites for hydroxylation is 2. The third kappa shape index (κ3) is 0.827. The summed E-state index contributed by atoms with van der Waals surface area (Å²) >= 11 is 0. The maximum atomic E-state index is 10.8. The van der Waals surface area contributed by atoms with E-state index in [4.69, 9.17) is 0 Å². The van der Waals surface area contributed by atoms with Crippen LogP contribution in [0.4, 0.5) is 0 Å². The standard InChI is InChI=1S/C7H8N4O/c1-4-9-5-3-8-7(12)10-6(5)11(4)2/h3H,1-2H3,(H,8,10,12). The molecule has 0 saturated carbocycles. The van der Waals surface area contributed by atoms with Crippen molar-refractivity contribution in [3.63, 3.8) is 0 Å². The predicted octanol–water partition coefficient (Wildman–Crippen LogP) is -0.0350. The summed E-state index contributed by atoms with van der Waals surface area (Å²) in [6.07, 6.45) is 1.47. The maximum Gasteiger partial charge on any atom is 0.346 e. The lowest BCUT2D eigenvalue weighted by atomic mass is 10.6. The molecule has 5 nitrogen and oxygen atoms in total. The Morgan fingerprint density at radius 1 is 1.58 bits per heavy atom. The molecule has 0 aliphatic rings. The van der Waals surface area contributed by atoms with Crippen molar-refractivity contribution in [1.82, 2.24) is 19.5 Å². The molecule has 2 heterocycles. The Balaban J connectivity index is 2.98. The Morgan fingerprint density at radius 2 is 2.33 bits per heavy atom. The first-order valence-electron chi connectivity index (χ1n) is 3.57. The summed E-state index contributed by atoms with van der Waals surface area (Å²) < 4.78 is 1.82. The zero-order chi connectivity index (χ0) is 8.72. The van der Waals surface area contributed by atoms with E-state index in [1.807, 2.05) is 18.5 Å². The second-order valence-electron chi connectivity index (χ2n) is 2.64. The van der Waals surface area contributed by atoms with E-state index in [1.165, 1.54) is 6.20 Å². The minimum Gasteiger partial charge on any atom is -0.317 e. The summed E-state index contributed by atoms with van der Waals surface area (Å²) in [5, 5.41) is 0. The van der Waals surface area contributed by atoms with Gasteiger partial charge in [0.05, 0.1) is 6.20 Å². The van der Waals surface area contributed by atoms with E-state index in [9.17, 15) is 4.79 Å². The highest BCUT2D eigenvalue weighted by Crippen LogP contribution is 2.07. The van der Waals surface area contributed by atoms with Crippen LogP contribution in [0.15, 0.2) is 11.0 Å². The molecule has 12 heavy (non-hydrogen) atoms. The van der Waals surface area contributed by atoms with Gasteiger partial charge in [-0.3, -0.25) is 4.98 Å². The summed E-state index contributed by atoms with van der Waals surface area (Å²) in [5.41, 5.74) is 1.09. The molecule has 0 radical (unpaired) electrons. The molecular formula is C7H8N4O. The predicted molar refractivity (Wildman–Crippen MR) is 43.9 cm³/mol. The number of imidazole rings is 1. The number of aromatic amines is 1. The van der Waals surface area contributed by atoms with Gasteiger partial charge in [-0.05, 0) is 6.92 Å². The zero-order valence-electron chi connectivity index (χ0n) is 6.83. The molecule has 62 valence electrons. The maximum absolute atomic E-state index is 10.8. The van der Waals surface area contributed by atoms with E-state index in [-0.39, 0.29) is 5.69 Å². The molecule has 0 fully saturated rings. The molecule has 0 spiro atoms. The van der Waals surface area contributed by atoms with E-state index in [1.54, 1.807) is 0 Å². The Kier molecular flexibility index (Phi) is 1.27. The molecule has 0 saturated heterocycles. The number of H-pyrrole nitrogens is 1. The summed E-state index contributed by atoms with van der Waals surface area (Å²) in [6.45, 7) is 1.87. The van der Waals surface area contributed by atoms with Crippen LogP contribution in [0, 0.1) is 6.92 Å². The van der Waals surface area contributed by atoms with Crippen molar-refractivity contribution in [3.05, 3.63) is 22.5 Å². The number of hydrogen-bond donors (Lipinski definition) is 1. The number of nitrogens with one attached hydrogen (secondary N) is 1. The third-order valence-electron chi connectivity index (χ3n) is 1.88. The fraction of sp³-hybridized carbons (Fsp3) is 0.286. The van der Waals surface area contributed by atoms with Crippen LogP contribution in [0.2, 0.25) is 0 Å². The zero-order valence-corrected chi connectivity index (χ0v) is 6.83. The van der Waals surface area contributed by atoms with Crippen LogP contribution >= 0.6 is 0 Å². The number of fused-ring (bicyclic) bond motifs is 1. The summed E-state index contributed by atoms with van der Waals surface area (Å²) in [7, 11) is 1.85. The van der Waals surface area contributed by atoms with Crippen molar-refractivity contribution >= 4 is 11.2 Å². The molecule has 5 heteroatoms. The molecule has 0 atom stereocenters. The van der Waals surface area contributed by atoms with Crippen molar-refractivity contribution in [3.8, 4) is 0 Å². The van der Waals surface area contributed by atoms with Gasteiger partial charge < -0.3 is 4.57 Å². The minimum atomic E-state index is -0.342. The van der Waals surface area contributed by atoms with E-state index in [0.29, 0.717) is 5.65 Å². The molecule has 0 amide bonds. The fourth-order valence-electron chi connectivity index (χ4n) is 1.13. The lowest BCUT2D eigenvalue weighted by molar-refractivity contribution is 0.869. The van der Waals surface area contributed by atoms with Crippen LogP contribution in [0.5, 0.6) is 0 Å². The van der Waals surface area contributed by atoms with Crippen LogP contribution in [-0.4, -0.2) is 19.5 Å². The Bertz CT molecular complexity index is 482. The van der Waals surface area contributed by atoms with Crippen LogP contribution in [-0.2, 0) is 7.05 Å². The van der Waals surface area contributed by atoms with Gasteiger partial charge in [0.1, 0.15) is 17.0 Å². The quantitative estimate of drug-likeness (QED) is 0.594. The third-order valence-corrected chi connectivity index (χ3v) is 1.88. The fourth-order valence-corrected chi connectivity index (χ4v) is 1.13. The summed E-state index contributed by atoms with van der Waals surface area (Å²) in [5.74, 6) is 0.855. The van der Waals surface area contributed by atoms with Crippen molar-refractivity contribution < 1.29 is 0 Å². The molecule has 1 N–H and O–H groups in total. The molecule has 2 aromatic rings. The summed E-state index contributed by atoms with van der Waals surface area (Å²) in [6, 6.07) is 0. The van der Waals surface area contributed by atoms with Crippen LogP contribution < -0.4 is 5.69 Å². The lowest BCUT2D eigenvalue weighted by Crippen LogP contribution is -2.09. The van der Waals surface area contributed by atoms with Crippen molar-refractivity contribution in [2.75, 3.05) is 0 Å². The smallest absolute Gasteiger partial charge is 0.317 e. The Morgan fingerprint density at radius 3 is 3.08 bits per heavy atom. The van der Waals surface area contributed by atoms with Crippen LogP contribution in [0.25, 0.3) is 11.2 Å². The number of nitrogens with zero attached hydrogens (tertiary/aromatic N) is 3. The van der Waals surface area contributed by atoms with Crippen molar-refractivity contribution in [1.29, 1.82) is 0 Å². The molecule has 0 aliphatic heterocycles. The van der Waals surface area contributed by atoms with E-state index in [2.05, 4.69) is 15.0 Å². The average Bonchev–Trinajstić information content (AvgIpc) is 2.31. The molecule has 0 bridgehead atoms. The topological polar surface area (TPSA) is 63.6 Å². The Hall–Kier alpha value is -1.65. The highest BCUT2D eigenvalue weighted by molar-refractivity contribution is 5.69. The van der Waals surface area contributed by atoms with Crippen molar-refractivity contribution in [2.45, 2.75) is 6.92 Å². The van der Waals surface area contributed by atoms with Gasteiger partial charge in [-0.1, -0.05) is 0 Å². The molecule has 0 aliphatic carbocycles. The first-order valence-corrected chi connectivity index (χ1v) is 3.57. The van der Waals surface area contributed by atoms with E-state index in [0.717, 1.165) is 11.3 Å². The average molecular weight is 164 g/mol. The number of rotatable bonds is 0. The van der Waals surface area contributed by atoms with Gasteiger partial charge in [0.25, 0.3) is 0 Å². The SMILES string of the molecule is Cc1nc2cnc(=O)[nH]c2n1C. The Labute approximate surface area is 68.1 Å². The lowest BCUT2D eigenvalue weighted by Gasteiger charge is -1.93. The monoisotopic (exact) mass is 164 g/mol. The largest absolute Gasteiger partial charge is 0.346 e. The van der Waals surface area contributed by atoms with Gasteiger partial charge in [0.2, 0.25) is 0 Å². The number of aromatic nitrogens is 4. The first kappa shape index (κ1) is 7.02. The molecule has 2 aromatic heterocycles. The second-order valence-corrected chi connectivity index (χ2v) is 2.64. The normalized spacial score (nSPS) is 10.8. The highest BCUT2D eigenvalue weighted by Gasteiger charge is 2.03. The van der Waals surface area contributed by atoms with E-state index >= 15 is 0 Å². The highest BCUT2D eigenvalue weighted by atomic mass is 16.1. The van der Waals surface area contributed by atoms with E-state index < -0.39 is 0 Å². The van der Waals surface area contributed by atoms with Crippen molar-refractivity contribution in [2.24, 2.45) is 7.05 Å². The first-order chi connectivity index (χ1) is 5.68. The van der Waals surface area contributed by atoms with Gasteiger partial charge in [0, 0.05) is 7.05 Å². The number of hydrogen-bond acceptors (Lipinski definition) is 3.